The number of aliphatic hydroxyl groups is 1. The highest BCUT2D eigenvalue weighted by Crippen LogP contribution is 2.15. The van der Waals surface area contributed by atoms with E-state index in [0.717, 1.165) is 6.42 Å². The van der Waals surface area contributed by atoms with Crippen LogP contribution in [-0.4, -0.2) is 11.7 Å². The second kappa shape index (κ2) is 3.71. The Morgan fingerprint density at radius 2 is 2.40 bits per heavy atom. The average molecular weight is 157 g/mol. The molecule has 0 aliphatic carbocycles. The predicted octanol–water partition coefficient (Wildman–Crippen LogP) is 0.742. The minimum atomic E-state index is 0.216. The van der Waals surface area contributed by atoms with Crippen molar-refractivity contribution in [2.45, 2.75) is 13.0 Å². The number of hydrogen-bond acceptors (Lipinski definition) is 3. The Bertz CT molecular complexity index is 197. The van der Waals surface area contributed by atoms with E-state index >= 15 is 0 Å². The van der Waals surface area contributed by atoms with E-state index in [4.69, 9.17) is 10.8 Å². The number of hydrogen-bond donors (Lipinski definition) is 2. The van der Waals surface area contributed by atoms with Crippen molar-refractivity contribution in [2.24, 2.45) is 5.73 Å². The molecule has 0 atom stereocenters. The highest BCUT2D eigenvalue weighted by Gasteiger charge is 1.99. The zero-order valence-electron chi connectivity index (χ0n) is 5.71. The largest absolute Gasteiger partial charge is 0.396 e. The highest BCUT2D eigenvalue weighted by molar-refractivity contribution is 7.10. The molecule has 1 heterocycles. The van der Waals surface area contributed by atoms with Gasteiger partial charge in [-0.3, -0.25) is 0 Å². The lowest BCUT2D eigenvalue weighted by Crippen LogP contribution is -1.99. The van der Waals surface area contributed by atoms with E-state index in [-0.39, 0.29) is 6.61 Å². The summed E-state index contributed by atoms with van der Waals surface area (Å²) in [6.45, 7) is 0.798. The van der Waals surface area contributed by atoms with Gasteiger partial charge in [0.1, 0.15) is 0 Å². The molecule has 0 bridgehead atoms. The first kappa shape index (κ1) is 7.72. The molecule has 2 nitrogen and oxygen atoms in total. The Kier molecular flexibility index (Phi) is 2.86. The summed E-state index contributed by atoms with van der Waals surface area (Å²) in [6, 6.07) is 2.01. The van der Waals surface area contributed by atoms with Crippen molar-refractivity contribution in [3.63, 3.8) is 0 Å². The summed E-state index contributed by atoms with van der Waals surface area (Å²) in [5.41, 5.74) is 6.62. The summed E-state index contributed by atoms with van der Waals surface area (Å²) in [5, 5.41) is 10.6. The minimum Gasteiger partial charge on any atom is -0.396 e. The molecule has 0 saturated heterocycles. The van der Waals surface area contributed by atoms with E-state index in [1.54, 1.807) is 11.3 Å². The van der Waals surface area contributed by atoms with Gasteiger partial charge in [0, 0.05) is 24.4 Å². The maximum atomic E-state index is 8.62. The first-order valence-electron chi connectivity index (χ1n) is 3.24. The van der Waals surface area contributed by atoms with Crippen molar-refractivity contribution in [1.82, 2.24) is 0 Å². The molecule has 0 aliphatic heterocycles. The lowest BCUT2D eigenvalue weighted by molar-refractivity contribution is 0.300. The predicted molar refractivity (Wildman–Crippen MR) is 43.0 cm³/mol. The fourth-order valence-electron chi connectivity index (χ4n) is 0.870. The molecular formula is C7H11NOS. The van der Waals surface area contributed by atoms with Crippen LogP contribution in [0, 0.1) is 0 Å². The average Bonchev–Trinajstić information content (AvgIpc) is 2.36. The van der Waals surface area contributed by atoms with Gasteiger partial charge >= 0.3 is 0 Å². The lowest BCUT2D eigenvalue weighted by atomic mass is 10.2. The summed E-state index contributed by atoms with van der Waals surface area (Å²) in [7, 11) is 0. The number of nitrogens with two attached hydrogens (primary N) is 1. The molecule has 1 aromatic heterocycles. The fourth-order valence-corrected chi connectivity index (χ4v) is 1.78. The lowest BCUT2D eigenvalue weighted by Gasteiger charge is -1.95. The summed E-state index contributed by atoms with van der Waals surface area (Å²) in [6.07, 6.45) is 0.740. The van der Waals surface area contributed by atoms with Gasteiger partial charge in [0.25, 0.3) is 0 Å². The van der Waals surface area contributed by atoms with Crippen LogP contribution in [0.4, 0.5) is 0 Å². The second-order valence-corrected chi connectivity index (χ2v) is 3.05. The molecule has 0 radical (unpaired) electrons. The summed E-state index contributed by atoms with van der Waals surface area (Å²) in [4.78, 5) is 1.21. The van der Waals surface area contributed by atoms with E-state index in [9.17, 15) is 0 Å². The third-order valence-electron chi connectivity index (χ3n) is 1.40. The smallest absolute Gasteiger partial charge is 0.0479 e. The van der Waals surface area contributed by atoms with Crippen LogP contribution in [0.3, 0.4) is 0 Å². The Morgan fingerprint density at radius 3 is 3.00 bits per heavy atom. The van der Waals surface area contributed by atoms with Crippen LogP contribution in [0.5, 0.6) is 0 Å². The van der Waals surface area contributed by atoms with Gasteiger partial charge in [-0.25, -0.2) is 0 Å². The van der Waals surface area contributed by atoms with Gasteiger partial charge in [-0.05, 0) is 17.0 Å². The van der Waals surface area contributed by atoms with Crippen molar-refractivity contribution in [2.75, 3.05) is 6.61 Å². The van der Waals surface area contributed by atoms with Gasteiger partial charge in [0.15, 0.2) is 0 Å². The standard InChI is InChI=1S/C7H11NOS/c8-5-6-2-4-10-7(6)1-3-9/h2,4,9H,1,3,5,8H2. The first-order chi connectivity index (χ1) is 4.88. The molecular weight excluding hydrogens is 146 g/mol. The molecule has 0 spiro atoms. The molecule has 0 aliphatic rings. The van der Waals surface area contributed by atoms with Crippen molar-refractivity contribution in [1.29, 1.82) is 0 Å². The van der Waals surface area contributed by atoms with Gasteiger partial charge in [0.05, 0.1) is 0 Å². The maximum absolute atomic E-state index is 8.62. The van der Waals surface area contributed by atoms with E-state index in [2.05, 4.69) is 0 Å². The molecule has 56 valence electrons. The van der Waals surface area contributed by atoms with E-state index in [1.807, 2.05) is 11.4 Å². The quantitative estimate of drug-likeness (QED) is 0.680. The molecule has 0 fully saturated rings. The van der Waals surface area contributed by atoms with Crippen molar-refractivity contribution >= 4 is 11.3 Å². The molecule has 0 aromatic carbocycles. The molecule has 1 aromatic rings. The number of thiophene rings is 1. The van der Waals surface area contributed by atoms with E-state index in [0.29, 0.717) is 6.54 Å². The molecule has 1 rings (SSSR count). The van der Waals surface area contributed by atoms with Gasteiger partial charge < -0.3 is 10.8 Å². The van der Waals surface area contributed by atoms with Crippen molar-refractivity contribution < 1.29 is 5.11 Å². The minimum absolute atomic E-state index is 0.216. The molecule has 0 amide bonds. The normalized spacial score (nSPS) is 10.2. The van der Waals surface area contributed by atoms with Crippen LogP contribution in [0.1, 0.15) is 10.4 Å². The zero-order chi connectivity index (χ0) is 7.40. The van der Waals surface area contributed by atoms with Crippen molar-refractivity contribution in [3.8, 4) is 0 Å². The molecule has 3 N–H and O–H groups in total. The number of aliphatic hydroxyl groups excluding tert-OH is 1. The van der Waals surface area contributed by atoms with Crippen LogP contribution in [-0.2, 0) is 13.0 Å². The third-order valence-corrected chi connectivity index (χ3v) is 2.42. The summed E-state index contributed by atoms with van der Waals surface area (Å²) < 4.78 is 0. The van der Waals surface area contributed by atoms with Crippen LogP contribution in [0.25, 0.3) is 0 Å². The van der Waals surface area contributed by atoms with Crippen LogP contribution in [0.15, 0.2) is 11.4 Å². The van der Waals surface area contributed by atoms with Gasteiger partial charge in [-0.15, -0.1) is 11.3 Å². The zero-order valence-corrected chi connectivity index (χ0v) is 6.53. The Balaban J connectivity index is 2.70. The van der Waals surface area contributed by atoms with E-state index < -0.39 is 0 Å². The molecule has 0 saturated carbocycles. The van der Waals surface area contributed by atoms with Crippen molar-refractivity contribution in [3.05, 3.63) is 21.9 Å². The molecule has 3 heteroatoms. The second-order valence-electron chi connectivity index (χ2n) is 2.05. The molecule has 0 unspecified atom stereocenters. The van der Waals surface area contributed by atoms with Gasteiger partial charge in [-0.1, -0.05) is 0 Å². The topological polar surface area (TPSA) is 46.2 Å². The van der Waals surface area contributed by atoms with Crippen LogP contribution in [0.2, 0.25) is 0 Å². The molecule has 10 heavy (non-hydrogen) atoms. The fraction of sp³-hybridized carbons (Fsp3) is 0.429. The third kappa shape index (κ3) is 1.56. The first-order valence-corrected chi connectivity index (χ1v) is 4.12. The monoisotopic (exact) mass is 157 g/mol. The maximum Gasteiger partial charge on any atom is 0.0479 e. The SMILES string of the molecule is NCc1ccsc1CCO. The van der Waals surface area contributed by atoms with Gasteiger partial charge in [-0.2, -0.15) is 0 Å². The highest BCUT2D eigenvalue weighted by atomic mass is 32.1. The number of rotatable bonds is 3. The summed E-state index contributed by atoms with van der Waals surface area (Å²) in [5.74, 6) is 0. The van der Waals surface area contributed by atoms with Crippen LogP contribution >= 0.6 is 11.3 Å². The Labute approximate surface area is 64.3 Å². The Hall–Kier alpha value is -0.380. The Morgan fingerprint density at radius 1 is 1.60 bits per heavy atom. The summed E-state index contributed by atoms with van der Waals surface area (Å²) >= 11 is 1.66. The van der Waals surface area contributed by atoms with Gasteiger partial charge in [0.2, 0.25) is 0 Å². The van der Waals surface area contributed by atoms with Crippen LogP contribution < -0.4 is 5.73 Å². The van der Waals surface area contributed by atoms with E-state index in [1.165, 1.54) is 10.4 Å².